The van der Waals surface area contributed by atoms with E-state index < -0.39 is 23.9 Å². The zero-order chi connectivity index (χ0) is 51.4. The largest absolute Gasteiger partial charge is 2.00 e. The van der Waals surface area contributed by atoms with Crippen LogP contribution in [0.15, 0.2) is 268 Å². The van der Waals surface area contributed by atoms with Crippen LogP contribution in [0.1, 0.15) is 41.4 Å². The minimum Gasteiger partial charge on any atom is -0.545 e. The molecular formula is C58H68Cu2N6O19+2. The third-order valence-electron chi connectivity index (χ3n) is 9.12. The molecule has 85 heavy (non-hydrogen) atoms. The predicted molar refractivity (Wildman–Crippen MR) is 308 cm³/mol. The summed E-state index contributed by atoms with van der Waals surface area (Å²) in [5.74, 6) is -4.52. The zero-order valence-corrected chi connectivity index (χ0v) is 46.5. The molecule has 10 rings (SSSR count). The van der Waals surface area contributed by atoms with E-state index in [0.717, 1.165) is 0 Å². The summed E-state index contributed by atoms with van der Waals surface area (Å²) in [6.45, 7) is 0. The van der Waals surface area contributed by atoms with Crippen molar-refractivity contribution in [3.8, 4) is 33.4 Å². The molecular weight excluding hydrogens is 1210 g/mol. The third-order valence-corrected chi connectivity index (χ3v) is 9.12. The number of aromatic nitrogens is 6. The minimum absolute atomic E-state index is 0. The summed E-state index contributed by atoms with van der Waals surface area (Å²) in [6, 6.07) is 56.0. The van der Waals surface area contributed by atoms with Crippen LogP contribution < -0.4 is 20.4 Å². The van der Waals surface area contributed by atoms with E-state index in [9.17, 15) is 39.6 Å². The van der Waals surface area contributed by atoms with Gasteiger partial charge in [-0.2, -0.15) is 0 Å². The van der Waals surface area contributed by atoms with Crippen LogP contribution in [0, 0.1) is 0 Å². The van der Waals surface area contributed by atoms with E-state index in [0.29, 0.717) is 0 Å². The van der Waals surface area contributed by atoms with Gasteiger partial charge in [0.1, 0.15) is 0 Å². The first-order valence-corrected chi connectivity index (χ1v) is 21.6. The molecule has 0 unspecified atom stereocenters. The molecule has 0 saturated carbocycles. The van der Waals surface area contributed by atoms with Gasteiger partial charge >= 0.3 is 34.1 Å². The maximum atomic E-state index is 10.1. The Morgan fingerprint density at radius 3 is 0.400 bits per heavy atom. The van der Waals surface area contributed by atoms with Crippen LogP contribution in [-0.2, 0) is 45.1 Å². The maximum Gasteiger partial charge on any atom is 2.00 e. The number of hydrogen-bond donors (Lipinski definition) is 0. The molecule has 0 bridgehead atoms. The normalized spacial score (nSPS) is 7.86. The Hall–Kier alpha value is -9.74. The first-order chi connectivity index (χ1) is 35.1. The fraction of sp³-hybridized carbons (Fsp3) is 0. The van der Waals surface area contributed by atoms with Crippen molar-refractivity contribution in [2.45, 2.75) is 0 Å². The van der Waals surface area contributed by atoms with E-state index in [4.69, 9.17) is 0 Å². The molecule has 0 aliphatic heterocycles. The second kappa shape index (κ2) is 58.9. The first kappa shape index (κ1) is 97.4. The van der Waals surface area contributed by atoms with E-state index in [1.54, 1.807) is 147 Å². The molecule has 464 valence electrons. The summed E-state index contributed by atoms with van der Waals surface area (Å²) in [6.07, 6.45) is 21.4. The van der Waals surface area contributed by atoms with Gasteiger partial charge in [0.15, 0.2) is 0 Å². The summed E-state index contributed by atoms with van der Waals surface area (Å²) in [4.78, 5) is 64.1. The predicted octanol–water partition coefficient (Wildman–Crippen LogP) is -2.64. The summed E-state index contributed by atoms with van der Waals surface area (Å²) in [5, 5.41) is 40.4. The standard InChI is InChI=1S/3C10H8N2.4C7H6O2.2Cu.11H2O/c3*1-5-11-6-2-9(1)10-3-7-12-8-4-10;4*8-7(9)6-4-2-1-3-5-6;;;;;;;;;;;;;/h3*1-8H;4*1-5H,(H,8,9);;;11*1H2/q;;;;;;;2*+2;;;;;;;;;;;/p-2. The number of aromatic carboxylic acids is 4. The number of carbonyl (C=O) groups is 4. The Labute approximate surface area is 509 Å². The number of hydrogen-bond acceptors (Lipinski definition) is 14. The second-order valence-electron chi connectivity index (χ2n) is 14.0. The number of carboxylic acid groups (broad SMARTS) is 4. The number of nitrogens with zero attached hydrogens (tertiary/aromatic N) is 6. The second-order valence-corrected chi connectivity index (χ2v) is 14.0. The molecule has 6 aromatic heterocycles. The van der Waals surface area contributed by atoms with Crippen LogP contribution in [-0.4, -0.2) is 103 Å². The average molecular weight is 1280 g/mol. The van der Waals surface area contributed by atoms with Gasteiger partial charge in [-0.25, -0.2) is 0 Å². The van der Waals surface area contributed by atoms with Gasteiger partial charge < -0.3 is 99.8 Å². The van der Waals surface area contributed by atoms with Crippen molar-refractivity contribution in [3.63, 3.8) is 0 Å². The van der Waals surface area contributed by atoms with Gasteiger partial charge in [-0.1, -0.05) is 121 Å². The monoisotopic (exact) mass is 1280 g/mol. The van der Waals surface area contributed by atoms with Gasteiger partial charge in [0.2, 0.25) is 0 Å². The molecule has 0 aliphatic carbocycles. The van der Waals surface area contributed by atoms with Gasteiger partial charge in [0.05, 0.1) is 23.9 Å². The number of carbonyl (C=O) groups excluding carboxylic acids is 4. The van der Waals surface area contributed by atoms with Crippen molar-refractivity contribution in [2.75, 3.05) is 0 Å². The van der Waals surface area contributed by atoms with Crippen LogP contribution in [0.2, 0.25) is 0 Å². The van der Waals surface area contributed by atoms with E-state index in [-0.39, 0.29) is 117 Å². The third kappa shape index (κ3) is 40.2. The average Bonchev–Trinajstić information content (AvgIpc) is 3.46. The Morgan fingerprint density at radius 2 is 0.318 bits per heavy atom. The Balaban J connectivity index is -0.0000000945. The Morgan fingerprint density at radius 1 is 0.212 bits per heavy atom. The van der Waals surface area contributed by atoms with Gasteiger partial charge in [0.25, 0.3) is 0 Å². The van der Waals surface area contributed by atoms with Gasteiger partial charge in [-0.3, -0.25) is 29.9 Å². The SMILES string of the molecule is O.O.O.O.O.O.O.O.O.O=C([O-])c1ccccc1.O=C([O-])c1ccccc1.O=C([O-])c1ccccc1.O=C([O-])c1ccccc1.[Cu+2].[Cu+2].[OH3+].[OH3+].c1cc(-c2ccncc2)ccn1.c1cc(-c2ccncc2)ccn1.c1cc(-c2ccncc2)ccn1. The molecule has 0 saturated heterocycles. The minimum atomic E-state index is -1.13. The molecule has 10 aromatic rings. The van der Waals surface area contributed by atoms with Crippen LogP contribution in [0.4, 0.5) is 0 Å². The van der Waals surface area contributed by atoms with Gasteiger partial charge in [0, 0.05) is 74.4 Å². The summed E-state index contributed by atoms with van der Waals surface area (Å²) in [5.41, 5.74) is 7.92. The van der Waals surface area contributed by atoms with E-state index in [1.165, 1.54) is 81.9 Å². The molecule has 4 aromatic carbocycles. The van der Waals surface area contributed by atoms with Crippen LogP contribution in [0.25, 0.3) is 33.4 Å². The molecule has 0 spiro atoms. The van der Waals surface area contributed by atoms with Crippen molar-refractivity contribution in [1.82, 2.24) is 29.9 Å². The number of rotatable bonds is 7. The maximum absolute atomic E-state index is 10.1. The molecule has 25 nitrogen and oxygen atoms in total. The smallest absolute Gasteiger partial charge is 0.545 e. The number of pyridine rings is 6. The quantitative estimate of drug-likeness (QED) is 0.116. The van der Waals surface area contributed by atoms with E-state index in [1.807, 2.05) is 72.8 Å². The van der Waals surface area contributed by atoms with Crippen molar-refractivity contribution >= 4 is 23.9 Å². The van der Waals surface area contributed by atoms with E-state index in [2.05, 4.69) is 29.9 Å². The van der Waals surface area contributed by atoms with Gasteiger partial charge in [-0.05, 0) is 128 Å². The Kier molecular flexibility index (Phi) is 67.5. The fourth-order valence-electron chi connectivity index (χ4n) is 5.56. The summed E-state index contributed by atoms with van der Waals surface area (Å²) in [7, 11) is 0. The van der Waals surface area contributed by atoms with Crippen molar-refractivity contribution in [3.05, 3.63) is 291 Å². The molecule has 0 aliphatic rings. The van der Waals surface area contributed by atoms with Crippen molar-refractivity contribution in [1.29, 1.82) is 0 Å². The van der Waals surface area contributed by atoms with Crippen LogP contribution >= 0.6 is 0 Å². The zero-order valence-electron chi connectivity index (χ0n) is 44.6. The fourth-order valence-corrected chi connectivity index (χ4v) is 5.56. The van der Waals surface area contributed by atoms with Crippen LogP contribution in [0.3, 0.4) is 0 Å². The van der Waals surface area contributed by atoms with E-state index >= 15 is 0 Å². The number of carboxylic acids is 4. The van der Waals surface area contributed by atoms with Crippen molar-refractivity contribution < 1.29 is 134 Å². The van der Waals surface area contributed by atoms with Crippen LogP contribution in [0.5, 0.6) is 0 Å². The Bertz CT molecular complexity index is 2580. The molecule has 6 heterocycles. The summed E-state index contributed by atoms with van der Waals surface area (Å²) >= 11 is 0. The molecule has 0 amide bonds. The first-order valence-electron chi connectivity index (χ1n) is 21.6. The molecule has 2 radical (unpaired) electrons. The molecule has 27 heteroatoms. The molecule has 24 N–H and O–H groups in total. The molecule has 0 atom stereocenters. The molecule has 0 fully saturated rings. The topological polar surface area (TPSA) is 587 Å². The summed E-state index contributed by atoms with van der Waals surface area (Å²) < 4.78 is 0. The number of benzene rings is 4. The van der Waals surface area contributed by atoms with Crippen molar-refractivity contribution in [2.24, 2.45) is 0 Å². The van der Waals surface area contributed by atoms with Gasteiger partial charge in [-0.15, -0.1) is 0 Å².